The number of aliphatic hydroxyl groups is 1. The molecule has 1 fully saturated rings. The molecule has 1 aliphatic rings. The lowest BCUT2D eigenvalue weighted by molar-refractivity contribution is -0.147. The largest absolute Gasteiger partial charge is 0.453 e. The second-order valence-corrected chi connectivity index (χ2v) is 2.78. The van der Waals surface area contributed by atoms with Crippen LogP contribution in [0.3, 0.4) is 0 Å². The summed E-state index contributed by atoms with van der Waals surface area (Å²) < 4.78 is 4.82. The topological polar surface area (TPSA) is 46.5 Å². The van der Waals surface area contributed by atoms with E-state index in [9.17, 15) is 4.79 Å². The molecule has 1 heterocycles. The molecule has 0 aromatic carbocycles. The molecule has 1 aliphatic heterocycles. The summed E-state index contributed by atoms with van der Waals surface area (Å²) in [6, 6.07) is 0. The van der Waals surface area contributed by atoms with Crippen molar-refractivity contribution in [2.24, 2.45) is 0 Å². The molecule has 0 spiro atoms. The average Bonchev–Trinajstić information content (AvgIpc) is 2.10. The Labute approximate surface area is 59.3 Å². The molecule has 1 rings (SSSR count). The van der Waals surface area contributed by atoms with E-state index in [-0.39, 0.29) is 6.61 Å². The first-order valence-electron chi connectivity index (χ1n) is 3.09. The number of hydrogen-bond acceptors (Lipinski definition) is 3. The maximum atomic E-state index is 10.7. The number of hydrogen-bond donors (Lipinski definition) is 1. The van der Waals surface area contributed by atoms with Crippen LogP contribution in [0.15, 0.2) is 12.2 Å². The number of aliphatic hydroxyl groups excluding tert-OH is 1. The van der Waals surface area contributed by atoms with Crippen molar-refractivity contribution >= 4 is 5.97 Å². The monoisotopic (exact) mass is 142 g/mol. The number of ether oxygens (including phenoxy) is 1. The zero-order valence-corrected chi connectivity index (χ0v) is 5.89. The zero-order chi connectivity index (χ0) is 7.78. The molecule has 1 unspecified atom stereocenters. The highest BCUT2D eigenvalue weighted by Crippen LogP contribution is 2.28. The van der Waals surface area contributed by atoms with E-state index in [1.165, 1.54) is 0 Å². The molecule has 1 N–H and O–H groups in total. The Bertz CT molecular complexity index is 167. The van der Waals surface area contributed by atoms with E-state index in [0.29, 0.717) is 12.0 Å². The van der Waals surface area contributed by atoms with Gasteiger partial charge in [0.1, 0.15) is 5.60 Å². The van der Waals surface area contributed by atoms with Crippen LogP contribution in [0.1, 0.15) is 13.3 Å². The van der Waals surface area contributed by atoms with Crippen LogP contribution in [0.2, 0.25) is 0 Å². The van der Waals surface area contributed by atoms with Crippen molar-refractivity contribution in [2.45, 2.75) is 18.9 Å². The maximum absolute atomic E-state index is 10.7. The van der Waals surface area contributed by atoms with Gasteiger partial charge >= 0.3 is 5.97 Å². The highest BCUT2D eigenvalue weighted by atomic mass is 16.6. The summed E-state index contributed by atoms with van der Waals surface area (Å²) >= 11 is 0. The van der Waals surface area contributed by atoms with Crippen LogP contribution in [0, 0.1) is 0 Å². The van der Waals surface area contributed by atoms with E-state index < -0.39 is 11.6 Å². The maximum Gasteiger partial charge on any atom is 0.334 e. The predicted molar refractivity (Wildman–Crippen MR) is 35.3 cm³/mol. The molecule has 0 aliphatic carbocycles. The van der Waals surface area contributed by atoms with Crippen LogP contribution < -0.4 is 0 Å². The van der Waals surface area contributed by atoms with Gasteiger partial charge in [0, 0.05) is 12.0 Å². The number of carbonyl (C=O) groups is 1. The number of carbonyl (C=O) groups excluding carboxylic acids is 1. The molecular formula is C7H10O3. The Morgan fingerprint density at radius 3 is 2.70 bits per heavy atom. The van der Waals surface area contributed by atoms with Gasteiger partial charge in [-0.05, 0) is 6.92 Å². The zero-order valence-electron chi connectivity index (χ0n) is 5.89. The standard InChI is InChI=1S/C7H10O3/c1-5-3-7(2,4-8)10-6(5)9/h8H,1,3-4H2,2H3. The van der Waals surface area contributed by atoms with Crippen molar-refractivity contribution in [3.8, 4) is 0 Å². The third-order valence-electron chi connectivity index (χ3n) is 1.55. The van der Waals surface area contributed by atoms with Gasteiger partial charge in [0.25, 0.3) is 0 Å². The minimum Gasteiger partial charge on any atom is -0.453 e. The van der Waals surface area contributed by atoms with E-state index in [1.807, 2.05) is 0 Å². The molecule has 10 heavy (non-hydrogen) atoms. The third kappa shape index (κ3) is 1.04. The minimum atomic E-state index is -0.714. The summed E-state index contributed by atoms with van der Waals surface area (Å²) in [5, 5.41) is 8.74. The summed E-state index contributed by atoms with van der Waals surface area (Å²) in [5.41, 5.74) is -0.273. The second kappa shape index (κ2) is 2.09. The quantitative estimate of drug-likeness (QED) is 0.421. The van der Waals surface area contributed by atoms with Gasteiger partial charge in [0.15, 0.2) is 0 Å². The fourth-order valence-electron chi connectivity index (χ4n) is 0.944. The predicted octanol–water partition coefficient (Wildman–Crippen LogP) is 0.240. The normalized spacial score (nSPS) is 32.6. The fraction of sp³-hybridized carbons (Fsp3) is 0.571. The first-order valence-corrected chi connectivity index (χ1v) is 3.09. The number of esters is 1. The molecule has 56 valence electrons. The summed E-state index contributed by atoms with van der Waals surface area (Å²) in [6.07, 6.45) is 0.433. The van der Waals surface area contributed by atoms with E-state index in [0.717, 1.165) is 0 Å². The molecule has 0 aromatic rings. The first-order chi connectivity index (χ1) is 4.57. The van der Waals surface area contributed by atoms with Gasteiger partial charge in [-0.2, -0.15) is 0 Å². The van der Waals surface area contributed by atoms with Crippen molar-refractivity contribution in [2.75, 3.05) is 6.61 Å². The van der Waals surface area contributed by atoms with E-state index in [2.05, 4.69) is 6.58 Å². The summed E-state index contributed by atoms with van der Waals surface area (Å²) in [7, 11) is 0. The van der Waals surface area contributed by atoms with Gasteiger partial charge in [-0.3, -0.25) is 0 Å². The SMILES string of the molecule is C=C1CC(C)(CO)OC1=O. The van der Waals surface area contributed by atoms with Crippen molar-refractivity contribution in [1.29, 1.82) is 0 Å². The minimum absolute atomic E-state index is 0.141. The fourth-order valence-corrected chi connectivity index (χ4v) is 0.944. The van der Waals surface area contributed by atoms with E-state index in [4.69, 9.17) is 9.84 Å². The lowest BCUT2D eigenvalue weighted by atomic mass is 10.0. The lowest BCUT2D eigenvalue weighted by Gasteiger charge is -2.17. The summed E-state index contributed by atoms with van der Waals surface area (Å²) in [5.74, 6) is -0.392. The lowest BCUT2D eigenvalue weighted by Crippen LogP contribution is -2.28. The highest BCUT2D eigenvalue weighted by molar-refractivity contribution is 5.90. The van der Waals surface area contributed by atoms with Crippen LogP contribution in [0.25, 0.3) is 0 Å². The Balaban J connectivity index is 2.73. The van der Waals surface area contributed by atoms with E-state index in [1.54, 1.807) is 6.92 Å². The summed E-state index contributed by atoms with van der Waals surface area (Å²) in [4.78, 5) is 10.7. The van der Waals surface area contributed by atoms with E-state index >= 15 is 0 Å². The Kier molecular flexibility index (Phi) is 1.52. The van der Waals surface area contributed by atoms with Gasteiger partial charge in [-0.1, -0.05) is 6.58 Å². The highest BCUT2D eigenvalue weighted by Gasteiger charge is 2.37. The molecule has 0 radical (unpaired) electrons. The van der Waals surface area contributed by atoms with Crippen molar-refractivity contribution in [3.63, 3.8) is 0 Å². The molecule has 1 saturated heterocycles. The van der Waals surface area contributed by atoms with Gasteiger partial charge in [-0.15, -0.1) is 0 Å². The second-order valence-electron chi connectivity index (χ2n) is 2.78. The summed E-state index contributed by atoms with van der Waals surface area (Å²) in [6.45, 7) is 5.04. The molecule has 3 nitrogen and oxygen atoms in total. The Morgan fingerprint density at radius 2 is 2.50 bits per heavy atom. The van der Waals surface area contributed by atoms with Crippen LogP contribution in [-0.2, 0) is 9.53 Å². The number of rotatable bonds is 1. The van der Waals surface area contributed by atoms with Gasteiger partial charge in [0.05, 0.1) is 6.61 Å². The first kappa shape index (κ1) is 7.28. The molecule has 0 aromatic heterocycles. The van der Waals surface area contributed by atoms with Crippen molar-refractivity contribution in [1.82, 2.24) is 0 Å². The smallest absolute Gasteiger partial charge is 0.334 e. The molecule has 1 atom stereocenters. The number of cyclic esters (lactones) is 1. The van der Waals surface area contributed by atoms with Crippen LogP contribution in [0.5, 0.6) is 0 Å². The third-order valence-corrected chi connectivity index (χ3v) is 1.55. The molecule has 0 saturated carbocycles. The molecular weight excluding hydrogens is 132 g/mol. The Morgan fingerprint density at radius 1 is 1.90 bits per heavy atom. The molecule has 3 heteroatoms. The molecule has 0 bridgehead atoms. The van der Waals surface area contributed by atoms with Crippen molar-refractivity contribution in [3.05, 3.63) is 12.2 Å². The average molecular weight is 142 g/mol. The Hall–Kier alpha value is -0.830. The van der Waals surface area contributed by atoms with Crippen LogP contribution in [-0.4, -0.2) is 23.3 Å². The van der Waals surface area contributed by atoms with Gasteiger partial charge in [0.2, 0.25) is 0 Å². The van der Waals surface area contributed by atoms with Crippen molar-refractivity contribution < 1.29 is 14.6 Å². The van der Waals surface area contributed by atoms with Gasteiger partial charge in [-0.25, -0.2) is 4.79 Å². The van der Waals surface area contributed by atoms with Crippen LogP contribution >= 0.6 is 0 Å². The molecule has 0 amide bonds. The van der Waals surface area contributed by atoms with Gasteiger partial charge < -0.3 is 9.84 Å². The van der Waals surface area contributed by atoms with Crippen LogP contribution in [0.4, 0.5) is 0 Å².